The number of hydrogen-bond donors (Lipinski definition) is 0. The topological polar surface area (TPSA) is 82.3 Å². The maximum absolute atomic E-state index is 10.7. The fourth-order valence-corrected chi connectivity index (χ4v) is 1.32. The molecule has 0 unspecified atom stereocenters. The lowest BCUT2D eigenvalue weighted by Gasteiger charge is -2.24. The van der Waals surface area contributed by atoms with Gasteiger partial charge in [0.1, 0.15) is 18.1 Å². The van der Waals surface area contributed by atoms with Gasteiger partial charge in [-0.2, -0.15) is 0 Å². The lowest BCUT2D eigenvalue weighted by molar-refractivity contribution is -0.390. The average Bonchev–Trinajstić information content (AvgIpc) is 2.16. The SMILES string of the molecule is O=C1CC(Oc2cccnc2[N+](=O)[O-])C1. The maximum atomic E-state index is 10.7. The van der Waals surface area contributed by atoms with Crippen LogP contribution in [0.5, 0.6) is 5.75 Å². The van der Waals surface area contributed by atoms with Crippen molar-refractivity contribution in [3.8, 4) is 5.75 Å². The highest BCUT2D eigenvalue weighted by Crippen LogP contribution is 2.28. The molecular weight excluding hydrogens is 200 g/mol. The number of nitrogens with zero attached hydrogens (tertiary/aromatic N) is 2. The second kappa shape index (κ2) is 3.64. The predicted molar refractivity (Wildman–Crippen MR) is 49.5 cm³/mol. The minimum Gasteiger partial charge on any atom is -0.481 e. The van der Waals surface area contributed by atoms with Gasteiger partial charge in [-0.15, -0.1) is 0 Å². The van der Waals surface area contributed by atoms with E-state index in [1.165, 1.54) is 12.3 Å². The van der Waals surface area contributed by atoms with E-state index in [0.717, 1.165) is 0 Å². The lowest BCUT2D eigenvalue weighted by Crippen LogP contribution is -2.33. The summed E-state index contributed by atoms with van der Waals surface area (Å²) in [5.74, 6) is -0.0663. The van der Waals surface area contributed by atoms with Gasteiger partial charge in [0.2, 0.25) is 5.75 Å². The Morgan fingerprint density at radius 3 is 2.87 bits per heavy atom. The van der Waals surface area contributed by atoms with Crippen LogP contribution in [0.25, 0.3) is 0 Å². The van der Waals surface area contributed by atoms with Crippen LogP contribution in [0.3, 0.4) is 0 Å². The Morgan fingerprint density at radius 1 is 1.53 bits per heavy atom. The Hall–Kier alpha value is -1.98. The van der Waals surface area contributed by atoms with Crippen molar-refractivity contribution in [3.05, 3.63) is 28.4 Å². The van der Waals surface area contributed by atoms with Gasteiger partial charge < -0.3 is 14.9 Å². The number of carbonyl (C=O) groups excluding carboxylic acids is 1. The highest BCUT2D eigenvalue weighted by Gasteiger charge is 2.30. The smallest absolute Gasteiger partial charge is 0.406 e. The Balaban J connectivity index is 2.13. The number of ether oxygens (including phenoxy) is 1. The third-order valence-electron chi connectivity index (χ3n) is 2.13. The van der Waals surface area contributed by atoms with E-state index in [0.29, 0.717) is 12.8 Å². The molecule has 0 aromatic carbocycles. The van der Waals surface area contributed by atoms with Gasteiger partial charge in [-0.1, -0.05) is 0 Å². The number of pyridine rings is 1. The Bertz CT molecular complexity index is 410. The summed E-state index contributed by atoms with van der Waals surface area (Å²) in [6.07, 6.45) is 1.75. The first-order valence-electron chi connectivity index (χ1n) is 4.44. The summed E-state index contributed by atoms with van der Waals surface area (Å²) in [5.41, 5.74) is 0. The quantitative estimate of drug-likeness (QED) is 0.548. The van der Waals surface area contributed by atoms with Crippen molar-refractivity contribution in [1.82, 2.24) is 4.98 Å². The van der Waals surface area contributed by atoms with Crippen LogP contribution in [0.4, 0.5) is 5.82 Å². The first kappa shape index (κ1) is 9.57. The Kier molecular flexibility index (Phi) is 2.32. The zero-order chi connectivity index (χ0) is 10.8. The summed E-state index contributed by atoms with van der Waals surface area (Å²) in [4.78, 5) is 24.3. The van der Waals surface area contributed by atoms with Crippen molar-refractivity contribution >= 4 is 11.6 Å². The van der Waals surface area contributed by atoms with Crippen molar-refractivity contribution < 1.29 is 14.5 Å². The standard InChI is InChI=1S/C9H8N2O4/c12-6-4-7(5-6)15-8-2-1-3-10-9(8)11(13)14/h1-3,7H,4-5H2. The van der Waals surface area contributed by atoms with Crippen molar-refractivity contribution in [2.45, 2.75) is 18.9 Å². The first-order valence-corrected chi connectivity index (χ1v) is 4.44. The maximum Gasteiger partial charge on any atom is 0.406 e. The molecule has 1 aliphatic carbocycles. The first-order chi connectivity index (χ1) is 7.16. The summed E-state index contributed by atoms with van der Waals surface area (Å²) >= 11 is 0. The normalized spacial score (nSPS) is 15.9. The predicted octanol–water partition coefficient (Wildman–Crippen LogP) is 1.10. The molecule has 0 bridgehead atoms. The number of ketones is 1. The highest BCUT2D eigenvalue weighted by atomic mass is 16.6. The van der Waals surface area contributed by atoms with Gasteiger partial charge >= 0.3 is 5.82 Å². The largest absolute Gasteiger partial charge is 0.481 e. The second-order valence-electron chi connectivity index (χ2n) is 3.27. The van der Waals surface area contributed by atoms with E-state index < -0.39 is 4.92 Å². The number of hydrogen-bond acceptors (Lipinski definition) is 5. The summed E-state index contributed by atoms with van der Waals surface area (Å²) in [6, 6.07) is 3.04. The van der Waals surface area contributed by atoms with Crippen LogP contribution in [0.1, 0.15) is 12.8 Å². The molecule has 0 spiro atoms. The van der Waals surface area contributed by atoms with Crippen LogP contribution in [-0.2, 0) is 4.79 Å². The van der Waals surface area contributed by atoms with E-state index in [9.17, 15) is 14.9 Å². The van der Waals surface area contributed by atoms with Crippen molar-refractivity contribution in [3.63, 3.8) is 0 Å². The molecule has 1 aromatic heterocycles. The van der Waals surface area contributed by atoms with E-state index in [-0.39, 0.29) is 23.5 Å². The van der Waals surface area contributed by atoms with Gasteiger partial charge in [0.25, 0.3) is 0 Å². The summed E-state index contributed by atoms with van der Waals surface area (Å²) in [7, 11) is 0. The zero-order valence-electron chi connectivity index (χ0n) is 7.75. The monoisotopic (exact) mass is 208 g/mol. The number of aromatic nitrogens is 1. The van der Waals surface area contributed by atoms with E-state index in [4.69, 9.17) is 4.74 Å². The number of nitro groups is 1. The van der Waals surface area contributed by atoms with Crippen LogP contribution in [0, 0.1) is 10.1 Å². The van der Waals surface area contributed by atoms with Gasteiger partial charge in [-0.25, -0.2) is 0 Å². The molecule has 2 rings (SSSR count). The van der Waals surface area contributed by atoms with Crippen molar-refractivity contribution in [2.24, 2.45) is 0 Å². The summed E-state index contributed by atoms with van der Waals surface area (Å²) in [5, 5.41) is 10.6. The van der Waals surface area contributed by atoms with Crippen LogP contribution in [0.15, 0.2) is 18.3 Å². The third-order valence-corrected chi connectivity index (χ3v) is 2.13. The molecular formula is C9H8N2O4. The Labute approximate surface area is 85.0 Å². The van der Waals surface area contributed by atoms with Gasteiger partial charge in [0.05, 0.1) is 0 Å². The van der Waals surface area contributed by atoms with E-state index >= 15 is 0 Å². The lowest BCUT2D eigenvalue weighted by atomic mass is 9.94. The molecule has 1 saturated carbocycles. The molecule has 0 atom stereocenters. The second-order valence-corrected chi connectivity index (χ2v) is 3.27. The van der Waals surface area contributed by atoms with Crippen LogP contribution in [-0.4, -0.2) is 21.8 Å². The van der Waals surface area contributed by atoms with Gasteiger partial charge in [0, 0.05) is 12.8 Å². The molecule has 0 amide bonds. The molecule has 6 heteroatoms. The van der Waals surface area contributed by atoms with E-state index in [1.54, 1.807) is 6.07 Å². The fourth-order valence-electron chi connectivity index (χ4n) is 1.32. The number of carbonyl (C=O) groups is 1. The van der Waals surface area contributed by atoms with Crippen molar-refractivity contribution in [2.75, 3.05) is 0 Å². The van der Waals surface area contributed by atoms with Gasteiger partial charge in [-0.3, -0.25) is 4.79 Å². The molecule has 78 valence electrons. The average molecular weight is 208 g/mol. The van der Waals surface area contributed by atoms with E-state index in [2.05, 4.69) is 4.98 Å². The summed E-state index contributed by atoms with van der Waals surface area (Å²) < 4.78 is 5.29. The molecule has 1 aromatic rings. The number of Topliss-reactive ketones (excluding diaryl/α,β-unsaturated/α-hetero) is 1. The zero-order valence-corrected chi connectivity index (χ0v) is 7.75. The third kappa shape index (κ3) is 1.93. The molecule has 0 saturated heterocycles. The molecule has 15 heavy (non-hydrogen) atoms. The molecule has 1 heterocycles. The fraction of sp³-hybridized carbons (Fsp3) is 0.333. The molecule has 0 radical (unpaired) electrons. The molecule has 6 nitrogen and oxygen atoms in total. The van der Waals surface area contributed by atoms with Crippen LogP contribution < -0.4 is 4.74 Å². The molecule has 0 N–H and O–H groups in total. The summed E-state index contributed by atoms with van der Waals surface area (Å²) in [6.45, 7) is 0. The highest BCUT2D eigenvalue weighted by molar-refractivity contribution is 5.85. The van der Waals surface area contributed by atoms with Crippen molar-refractivity contribution in [1.29, 1.82) is 0 Å². The van der Waals surface area contributed by atoms with Gasteiger partial charge in [-0.05, 0) is 22.0 Å². The minimum atomic E-state index is -0.601. The van der Waals surface area contributed by atoms with Crippen LogP contribution in [0.2, 0.25) is 0 Å². The minimum absolute atomic E-state index is 0.117. The number of rotatable bonds is 3. The Morgan fingerprint density at radius 2 is 2.27 bits per heavy atom. The van der Waals surface area contributed by atoms with Crippen LogP contribution >= 0.6 is 0 Å². The van der Waals surface area contributed by atoms with Gasteiger partial charge in [0.15, 0.2) is 0 Å². The molecule has 1 aliphatic rings. The molecule has 1 fully saturated rings. The van der Waals surface area contributed by atoms with E-state index in [1.807, 2.05) is 0 Å². The molecule has 0 aliphatic heterocycles.